The lowest BCUT2D eigenvalue weighted by Gasteiger charge is -1.94. The highest BCUT2D eigenvalue weighted by Crippen LogP contribution is 2.37. The van der Waals surface area contributed by atoms with Crippen molar-refractivity contribution in [1.29, 1.82) is 0 Å². The molecule has 0 aliphatic heterocycles. The van der Waals surface area contributed by atoms with Gasteiger partial charge in [0.1, 0.15) is 11.6 Å². The van der Waals surface area contributed by atoms with Crippen molar-refractivity contribution in [2.24, 2.45) is 10.2 Å². The molecule has 0 radical (unpaired) electrons. The van der Waals surface area contributed by atoms with Crippen LogP contribution >= 0.6 is 0 Å². The predicted octanol–water partition coefficient (Wildman–Crippen LogP) is 4.57. The van der Waals surface area contributed by atoms with Crippen molar-refractivity contribution in [3.05, 3.63) is 54.1 Å². The van der Waals surface area contributed by atoms with Crippen molar-refractivity contribution < 1.29 is 13.9 Å². The first-order valence-electron chi connectivity index (χ1n) is 5.81. The van der Waals surface area contributed by atoms with Crippen molar-refractivity contribution in [2.45, 2.75) is 0 Å². The largest absolute Gasteiger partial charge is 0.493 e. The van der Waals surface area contributed by atoms with Crippen molar-refractivity contribution >= 4 is 22.3 Å². The van der Waals surface area contributed by atoms with Gasteiger partial charge in [0.2, 0.25) is 5.88 Å². The van der Waals surface area contributed by atoms with Crippen molar-refractivity contribution in [3.8, 4) is 5.88 Å². The molecule has 0 unspecified atom stereocenters. The molecule has 1 heterocycles. The summed E-state index contributed by atoms with van der Waals surface area (Å²) < 4.78 is 26.8. The Kier molecular flexibility index (Phi) is 2.90. The van der Waals surface area contributed by atoms with Gasteiger partial charge in [-0.1, -0.05) is 18.2 Å². The van der Waals surface area contributed by atoms with E-state index in [2.05, 4.69) is 15.2 Å². The maximum absolute atomic E-state index is 13.5. The Bertz CT molecular complexity index is 797. The van der Waals surface area contributed by atoms with Gasteiger partial charge in [0.15, 0.2) is 5.69 Å². The minimum Gasteiger partial charge on any atom is -0.493 e. The Morgan fingerprint density at radius 3 is 2.50 bits per heavy atom. The molecule has 0 aliphatic carbocycles. The van der Waals surface area contributed by atoms with E-state index in [1.165, 1.54) is 0 Å². The first kappa shape index (κ1) is 12.3. The summed E-state index contributed by atoms with van der Waals surface area (Å²) in [6.45, 7) is 0. The van der Waals surface area contributed by atoms with Crippen LogP contribution in [-0.2, 0) is 0 Å². The third kappa shape index (κ3) is 2.11. The number of azo groups is 1. The van der Waals surface area contributed by atoms with Gasteiger partial charge in [0, 0.05) is 11.5 Å². The molecule has 0 saturated carbocycles. The van der Waals surface area contributed by atoms with Gasteiger partial charge in [-0.3, -0.25) is 0 Å². The summed E-state index contributed by atoms with van der Waals surface area (Å²) in [6.07, 6.45) is 0. The zero-order chi connectivity index (χ0) is 14.1. The SMILES string of the molecule is Oc1[nH]c2c(F)cc(F)cc2c1N=Nc1ccccc1. The summed E-state index contributed by atoms with van der Waals surface area (Å²) in [4.78, 5) is 2.42. The quantitative estimate of drug-likeness (QED) is 0.660. The van der Waals surface area contributed by atoms with E-state index in [1.807, 2.05) is 6.07 Å². The number of H-pyrrole nitrogens is 1. The minimum absolute atomic E-state index is 0.00209. The Labute approximate surface area is 112 Å². The van der Waals surface area contributed by atoms with Gasteiger partial charge < -0.3 is 10.1 Å². The van der Waals surface area contributed by atoms with Crippen LogP contribution < -0.4 is 0 Å². The lowest BCUT2D eigenvalue weighted by Crippen LogP contribution is -1.80. The molecule has 100 valence electrons. The molecule has 0 bridgehead atoms. The van der Waals surface area contributed by atoms with Crippen LogP contribution in [0.25, 0.3) is 10.9 Å². The Morgan fingerprint density at radius 2 is 1.75 bits per heavy atom. The average Bonchev–Trinajstić information content (AvgIpc) is 2.74. The molecule has 0 spiro atoms. The van der Waals surface area contributed by atoms with Crippen molar-refractivity contribution in [3.63, 3.8) is 0 Å². The Balaban J connectivity index is 2.12. The molecule has 2 aromatic carbocycles. The van der Waals surface area contributed by atoms with E-state index in [9.17, 15) is 13.9 Å². The molecular formula is C14H9F2N3O. The molecule has 20 heavy (non-hydrogen) atoms. The summed E-state index contributed by atoms with van der Waals surface area (Å²) in [7, 11) is 0. The number of hydrogen-bond donors (Lipinski definition) is 2. The van der Waals surface area contributed by atoms with Gasteiger partial charge in [-0.05, 0) is 18.2 Å². The number of rotatable bonds is 2. The van der Waals surface area contributed by atoms with Crippen LogP contribution in [0.2, 0.25) is 0 Å². The van der Waals surface area contributed by atoms with E-state index >= 15 is 0 Å². The predicted molar refractivity (Wildman–Crippen MR) is 70.5 cm³/mol. The third-order valence-corrected chi connectivity index (χ3v) is 2.80. The highest BCUT2D eigenvalue weighted by molar-refractivity contribution is 5.94. The average molecular weight is 273 g/mol. The van der Waals surface area contributed by atoms with Gasteiger partial charge in [0.05, 0.1) is 11.2 Å². The van der Waals surface area contributed by atoms with E-state index in [0.717, 1.165) is 12.1 Å². The van der Waals surface area contributed by atoms with Crippen LogP contribution in [-0.4, -0.2) is 10.1 Å². The Hall–Kier alpha value is -2.76. The summed E-state index contributed by atoms with van der Waals surface area (Å²) in [5.41, 5.74) is 0.561. The molecule has 0 amide bonds. The van der Waals surface area contributed by atoms with Crippen LogP contribution in [0.4, 0.5) is 20.2 Å². The lowest BCUT2D eigenvalue weighted by atomic mass is 10.2. The first-order chi connectivity index (χ1) is 9.65. The number of aromatic amines is 1. The third-order valence-electron chi connectivity index (χ3n) is 2.80. The molecule has 0 saturated heterocycles. The molecular weight excluding hydrogens is 264 g/mol. The number of nitrogens with zero attached hydrogens (tertiary/aromatic N) is 2. The zero-order valence-electron chi connectivity index (χ0n) is 10.1. The second-order valence-corrected chi connectivity index (χ2v) is 4.17. The maximum Gasteiger partial charge on any atom is 0.218 e. The number of benzene rings is 2. The van der Waals surface area contributed by atoms with Gasteiger partial charge in [0.25, 0.3) is 0 Å². The summed E-state index contributed by atoms with van der Waals surface area (Å²) in [5, 5.41) is 17.6. The Morgan fingerprint density at radius 1 is 1.00 bits per heavy atom. The molecule has 4 nitrogen and oxygen atoms in total. The van der Waals surface area contributed by atoms with E-state index < -0.39 is 11.6 Å². The number of fused-ring (bicyclic) bond motifs is 1. The fraction of sp³-hybridized carbons (Fsp3) is 0. The van der Waals surface area contributed by atoms with Crippen LogP contribution in [0.1, 0.15) is 0 Å². The van der Waals surface area contributed by atoms with Crippen LogP contribution in [0.15, 0.2) is 52.7 Å². The standard InChI is InChI=1S/C14H9F2N3O/c15-8-6-10-12(11(16)7-8)17-14(20)13(10)19-18-9-4-2-1-3-5-9/h1-7,17,20H. The summed E-state index contributed by atoms with van der Waals surface area (Å²) >= 11 is 0. The smallest absolute Gasteiger partial charge is 0.218 e. The number of nitrogens with one attached hydrogen (secondary N) is 1. The summed E-state index contributed by atoms with van der Waals surface area (Å²) in [6, 6.07) is 10.6. The van der Waals surface area contributed by atoms with Crippen LogP contribution in [0, 0.1) is 11.6 Å². The fourth-order valence-corrected chi connectivity index (χ4v) is 1.90. The summed E-state index contributed by atoms with van der Waals surface area (Å²) in [5.74, 6) is -1.90. The minimum atomic E-state index is -0.795. The van der Waals surface area contributed by atoms with E-state index in [4.69, 9.17) is 0 Å². The zero-order valence-corrected chi connectivity index (χ0v) is 10.1. The fourth-order valence-electron chi connectivity index (χ4n) is 1.90. The number of halogens is 2. The van der Waals surface area contributed by atoms with Gasteiger partial charge >= 0.3 is 0 Å². The lowest BCUT2D eigenvalue weighted by molar-refractivity contribution is 0.459. The molecule has 3 aromatic rings. The maximum atomic E-state index is 13.5. The van der Waals surface area contributed by atoms with Crippen molar-refractivity contribution in [2.75, 3.05) is 0 Å². The number of aromatic nitrogens is 1. The normalized spacial score (nSPS) is 11.5. The molecule has 1 aromatic heterocycles. The van der Waals surface area contributed by atoms with Gasteiger partial charge in [-0.2, -0.15) is 5.11 Å². The monoisotopic (exact) mass is 273 g/mol. The molecule has 3 rings (SSSR count). The molecule has 0 aliphatic rings. The highest BCUT2D eigenvalue weighted by atomic mass is 19.1. The van der Waals surface area contributed by atoms with Crippen LogP contribution in [0.3, 0.4) is 0 Å². The number of hydrogen-bond acceptors (Lipinski definition) is 3. The van der Waals surface area contributed by atoms with Gasteiger partial charge in [-0.25, -0.2) is 8.78 Å². The van der Waals surface area contributed by atoms with E-state index in [-0.39, 0.29) is 22.5 Å². The first-order valence-corrected chi connectivity index (χ1v) is 5.81. The highest BCUT2D eigenvalue weighted by Gasteiger charge is 2.15. The molecule has 0 fully saturated rings. The molecule has 2 N–H and O–H groups in total. The topological polar surface area (TPSA) is 60.7 Å². The molecule has 6 heteroatoms. The van der Waals surface area contributed by atoms with Crippen molar-refractivity contribution in [1.82, 2.24) is 4.98 Å². The second kappa shape index (κ2) is 4.73. The van der Waals surface area contributed by atoms with Gasteiger partial charge in [-0.15, -0.1) is 5.11 Å². The van der Waals surface area contributed by atoms with E-state index in [0.29, 0.717) is 5.69 Å². The number of aromatic hydroxyl groups is 1. The second-order valence-electron chi connectivity index (χ2n) is 4.17. The molecule has 0 atom stereocenters. The van der Waals surface area contributed by atoms with Crippen LogP contribution in [0.5, 0.6) is 5.88 Å². The van der Waals surface area contributed by atoms with E-state index in [1.54, 1.807) is 24.3 Å².